The van der Waals surface area contributed by atoms with Gasteiger partial charge in [0.25, 0.3) is 0 Å². The van der Waals surface area contributed by atoms with Crippen molar-refractivity contribution in [2.24, 2.45) is 0 Å². The van der Waals surface area contributed by atoms with Gasteiger partial charge < -0.3 is 14.9 Å². The Morgan fingerprint density at radius 3 is 2.46 bits per heavy atom. The quantitative estimate of drug-likeness (QED) is 0.718. The van der Waals surface area contributed by atoms with Gasteiger partial charge in [0.2, 0.25) is 11.8 Å². The van der Waals surface area contributed by atoms with Crippen molar-refractivity contribution in [3.05, 3.63) is 76.9 Å². The highest BCUT2D eigenvalue weighted by Crippen LogP contribution is 2.48. The minimum Gasteiger partial charge on any atom is -0.494 e. The molecule has 0 radical (unpaired) electrons. The van der Waals surface area contributed by atoms with Crippen LogP contribution in [0, 0.1) is 0 Å². The fourth-order valence-corrected chi connectivity index (χ4v) is 3.65. The van der Waals surface area contributed by atoms with Crippen LogP contribution in [0.3, 0.4) is 0 Å². The number of fused-ring (bicyclic) bond motifs is 2. The van der Waals surface area contributed by atoms with Gasteiger partial charge in [0.15, 0.2) is 0 Å². The second kappa shape index (κ2) is 6.54. The molecule has 0 bridgehead atoms. The highest BCUT2D eigenvalue weighted by Gasteiger charge is 2.36. The zero-order chi connectivity index (χ0) is 18.3. The van der Waals surface area contributed by atoms with Crippen molar-refractivity contribution in [2.45, 2.75) is 38.9 Å². The average molecular weight is 349 g/mol. The first kappa shape index (κ1) is 16.7. The Labute approximate surface area is 153 Å². The molecule has 1 aliphatic carbocycles. The third-order valence-corrected chi connectivity index (χ3v) is 5.18. The van der Waals surface area contributed by atoms with Crippen molar-refractivity contribution in [3.8, 4) is 17.4 Å². The number of aromatic nitrogens is 1. The van der Waals surface area contributed by atoms with Crippen LogP contribution in [0.1, 0.15) is 48.6 Å². The first-order valence-electron chi connectivity index (χ1n) is 9.05. The summed E-state index contributed by atoms with van der Waals surface area (Å²) in [5.74, 6) is 0.127. The van der Waals surface area contributed by atoms with Crippen LogP contribution in [0.5, 0.6) is 11.8 Å². The smallest absolute Gasteiger partial charge is 0.205 e. The lowest BCUT2D eigenvalue weighted by molar-refractivity contribution is 0.0144. The average Bonchev–Trinajstić information content (AvgIpc) is 2.92. The lowest BCUT2D eigenvalue weighted by Crippen LogP contribution is -2.19. The van der Waals surface area contributed by atoms with Gasteiger partial charge in [-0.1, -0.05) is 49.4 Å². The van der Waals surface area contributed by atoms with E-state index in [0.717, 1.165) is 28.8 Å². The van der Waals surface area contributed by atoms with Crippen LogP contribution in [0.15, 0.2) is 54.6 Å². The van der Waals surface area contributed by atoms with Crippen LogP contribution in [-0.4, -0.2) is 20.9 Å². The largest absolute Gasteiger partial charge is 0.494 e. The third kappa shape index (κ3) is 2.58. The van der Waals surface area contributed by atoms with E-state index >= 15 is 0 Å². The summed E-state index contributed by atoms with van der Waals surface area (Å²) < 4.78 is 7.80. The van der Waals surface area contributed by atoms with E-state index in [-0.39, 0.29) is 24.0 Å². The van der Waals surface area contributed by atoms with Crippen LogP contribution in [0.25, 0.3) is 5.69 Å². The van der Waals surface area contributed by atoms with Gasteiger partial charge in [-0.05, 0) is 36.6 Å². The number of hydrogen-bond acceptors (Lipinski definition) is 3. The number of ether oxygens (including phenoxy) is 1. The van der Waals surface area contributed by atoms with Crippen LogP contribution in [0.2, 0.25) is 0 Å². The summed E-state index contributed by atoms with van der Waals surface area (Å²) in [6.07, 6.45) is 1.10. The van der Waals surface area contributed by atoms with Gasteiger partial charge in [-0.3, -0.25) is 4.57 Å². The van der Waals surface area contributed by atoms with E-state index in [4.69, 9.17) is 4.74 Å². The molecule has 0 aliphatic heterocycles. The van der Waals surface area contributed by atoms with Gasteiger partial charge in [0, 0.05) is 12.0 Å². The van der Waals surface area contributed by atoms with Gasteiger partial charge in [-0.15, -0.1) is 0 Å². The van der Waals surface area contributed by atoms with Crippen molar-refractivity contribution in [1.29, 1.82) is 0 Å². The van der Waals surface area contributed by atoms with Crippen LogP contribution >= 0.6 is 0 Å². The van der Waals surface area contributed by atoms with Gasteiger partial charge in [0.1, 0.15) is 6.10 Å². The second-order valence-corrected chi connectivity index (χ2v) is 6.82. The monoisotopic (exact) mass is 349 g/mol. The third-order valence-electron chi connectivity index (χ3n) is 5.18. The molecule has 4 rings (SSSR count). The molecule has 0 amide bonds. The van der Waals surface area contributed by atoms with E-state index in [2.05, 4.69) is 13.0 Å². The Kier molecular flexibility index (Phi) is 4.21. The minimum atomic E-state index is -0.388. The molecule has 0 fully saturated rings. The normalized spacial score (nSPS) is 16.8. The summed E-state index contributed by atoms with van der Waals surface area (Å²) in [5.41, 5.74) is 4.31. The molecule has 3 aromatic rings. The van der Waals surface area contributed by atoms with Gasteiger partial charge >= 0.3 is 0 Å². The molecule has 2 N–H and O–H groups in total. The molecule has 1 aromatic heterocycles. The Balaban J connectivity index is 1.91. The number of hydrogen-bond donors (Lipinski definition) is 2. The van der Waals surface area contributed by atoms with E-state index in [1.165, 1.54) is 4.57 Å². The number of benzene rings is 2. The maximum atomic E-state index is 11.0. The fourth-order valence-electron chi connectivity index (χ4n) is 3.65. The molecular formula is C22H23NO3. The molecular weight excluding hydrogens is 326 g/mol. The van der Waals surface area contributed by atoms with Crippen LogP contribution in [-0.2, 0) is 11.2 Å². The first-order valence-corrected chi connectivity index (χ1v) is 9.05. The Morgan fingerprint density at radius 2 is 1.73 bits per heavy atom. The lowest BCUT2D eigenvalue weighted by atomic mass is 9.85. The summed E-state index contributed by atoms with van der Waals surface area (Å²) >= 11 is 0. The summed E-state index contributed by atoms with van der Waals surface area (Å²) in [5, 5.41) is 21.9. The SMILES string of the molecule is CCC(C)OC1c2ccccc2Cc2c1c(O)n(-c1ccccc1)c2O. The summed E-state index contributed by atoms with van der Waals surface area (Å²) in [6, 6.07) is 17.5. The summed E-state index contributed by atoms with van der Waals surface area (Å²) in [7, 11) is 0. The van der Waals surface area contributed by atoms with Gasteiger partial charge in [-0.25, -0.2) is 0 Å². The summed E-state index contributed by atoms with van der Waals surface area (Å²) in [4.78, 5) is 0. The van der Waals surface area contributed by atoms with Crippen LogP contribution in [0.4, 0.5) is 0 Å². The Morgan fingerprint density at radius 1 is 1.04 bits per heavy atom. The highest BCUT2D eigenvalue weighted by atomic mass is 16.5. The first-order chi connectivity index (χ1) is 12.6. The number of rotatable bonds is 4. The molecule has 0 saturated carbocycles. The Bertz CT molecular complexity index is 930. The van der Waals surface area contributed by atoms with E-state index in [1.54, 1.807) is 0 Å². The number of nitrogens with zero attached hydrogens (tertiary/aromatic N) is 1. The van der Waals surface area contributed by atoms with Gasteiger partial charge in [-0.2, -0.15) is 0 Å². The summed E-state index contributed by atoms with van der Waals surface area (Å²) in [6.45, 7) is 4.11. The van der Waals surface area contributed by atoms with E-state index in [1.807, 2.05) is 55.5 Å². The highest BCUT2D eigenvalue weighted by molar-refractivity contribution is 5.60. The molecule has 26 heavy (non-hydrogen) atoms. The number of para-hydroxylation sites is 1. The molecule has 2 atom stereocenters. The molecule has 2 unspecified atom stereocenters. The number of aromatic hydroxyl groups is 2. The van der Waals surface area contributed by atoms with Crippen molar-refractivity contribution in [1.82, 2.24) is 4.57 Å². The molecule has 4 heteroatoms. The Hall–Kier alpha value is -2.72. The van der Waals surface area contributed by atoms with Crippen LogP contribution < -0.4 is 0 Å². The maximum absolute atomic E-state index is 11.0. The van der Waals surface area contributed by atoms with E-state index in [0.29, 0.717) is 12.0 Å². The molecule has 134 valence electrons. The zero-order valence-corrected chi connectivity index (χ0v) is 15.0. The standard InChI is InChI=1S/C22H23NO3/c1-3-14(2)26-20-17-12-8-7-9-15(17)13-18-19(20)22(25)23(21(18)24)16-10-5-4-6-11-16/h4-12,14,20,24-25H,3,13H2,1-2H3. The predicted molar refractivity (Wildman–Crippen MR) is 101 cm³/mol. The second-order valence-electron chi connectivity index (χ2n) is 6.82. The maximum Gasteiger partial charge on any atom is 0.205 e. The van der Waals surface area contributed by atoms with Crippen molar-refractivity contribution >= 4 is 0 Å². The lowest BCUT2D eigenvalue weighted by Gasteiger charge is -2.28. The molecule has 2 aromatic carbocycles. The molecule has 4 nitrogen and oxygen atoms in total. The predicted octanol–water partition coefficient (Wildman–Crippen LogP) is 4.70. The molecule has 0 spiro atoms. The fraction of sp³-hybridized carbons (Fsp3) is 0.273. The molecule has 1 heterocycles. The topological polar surface area (TPSA) is 54.6 Å². The van der Waals surface area contributed by atoms with Crippen molar-refractivity contribution in [2.75, 3.05) is 0 Å². The van der Waals surface area contributed by atoms with E-state index in [9.17, 15) is 10.2 Å². The molecule has 0 saturated heterocycles. The molecule has 1 aliphatic rings. The minimum absolute atomic E-state index is 0.0422. The van der Waals surface area contributed by atoms with Gasteiger partial charge in [0.05, 0.1) is 17.4 Å². The zero-order valence-electron chi connectivity index (χ0n) is 15.0. The van der Waals surface area contributed by atoms with E-state index < -0.39 is 0 Å². The van der Waals surface area contributed by atoms with Crippen molar-refractivity contribution in [3.63, 3.8) is 0 Å². The van der Waals surface area contributed by atoms with Crippen molar-refractivity contribution < 1.29 is 14.9 Å².